The van der Waals surface area contributed by atoms with Crippen LogP contribution in [0.1, 0.15) is 30.8 Å². The average Bonchev–Trinajstić information content (AvgIpc) is 3.13. The van der Waals surface area contributed by atoms with Crippen LogP contribution in [0.3, 0.4) is 0 Å². The lowest BCUT2D eigenvalue weighted by Gasteiger charge is -2.39. The van der Waals surface area contributed by atoms with Gasteiger partial charge in [0.2, 0.25) is 16.9 Å². The molecule has 1 fully saturated rings. The summed E-state index contributed by atoms with van der Waals surface area (Å²) in [6.45, 7) is 6.55. The van der Waals surface area contributed by atoms with Crippen molar-refractivity contribution in [1.82, 2.24) is 20.0 Å². The van der Waals surface area contributed by atoms with Crippen LogP contribution in [0.2, 0.25) is 0 Å². The van der Waals surface area contributed by atoms with E-state index in [1.165, 1.54) is 11.3 Å². The summed E-state index contributed by atoms with van der Waals surface area (Å²) in [5, 5.41) is 12.2. The van der Waals surface area contributed by atoms with Gasteiger partial charge in [-0.25, -0.2) is 0 Å². The van der Waals surface area contributed by atoms with Gasteiger partial charge in [-0.1, -0.05) is 48.6 Å². The molecule has 8 heteroatoms. The summed E-state index contributed by atoms with van der Waals surface area (Å²) in [6.07, 6.45) is 1.14. The van der Waals surface area contributed by atoms with Crippen LogP contribution in [0, 0.1) is 0 Å². The Morgan fingerprint density at radius 2 is 2.04 bits per heavy atom. The number of hydrogen-bond donors (Lipinski definition) is 1. The fraction of sp³-hybridized carbons (Fsp3) is 0.474. The predicted octanol–water partition coefficient (Wildman–Crippen LogP) is 2.16. The fourth-order valence-electron chi connectivity index (χ4n) is 3.11. The van der Waals surface area contributed by atoms with Crippen molar-refractivity contribution in [2.75, 3.05) is 25.0 Å². The first-order chi connectivity index (χ1) is 13.1. The van der Waals surface area contributed by atoms with Crippen LogP contribution in [-0.2, 0) is 22.6 Å². The Kier molecular flexibility index (Phi) is 6.52. The van der Waals surface area contributed by atoms with Gasteiger partial charge in [0, 0.05) is 32.6 Å². The van der Waals surface area contributed by atoms with Crippen LogP contribution in [0.15, 0.2) is 30.3 Å². The van der Waals surface area contributed by atoms with Gasteiger partial charge in [0.1, 0.15) is 5.01 Å². The van der Waals surface area contributed by atoms with Crippen molar-refractivity contribution < 1.29 is 9.59 Å². The second-order valence-electron chi connectivity index (χ2n) is 6.61. The van der Waals surface area contributed by atoms with Gasteiger partial charge in [-0.15, -0.1) is 10.2 Å². The highest BCUT2D eigenvalue weighted by Gasteiger charge is 2.31. The van der Waals surface area contributed by atoms with Gasteiger partial charge in [0.05, 0.1) is 6.04 Å². The monoisotopic (exact) mass is 387 g/mol. The summed E-state index contributed by atoms with van der Waals surface area (Å²) in [5.74, 6) is 0.0161. The van der Waals surface area contributed by atoms with Crippen LogP contribution >= 0.6 is 11.3 Å². The normalized spacial score (nSPS) is 17.9. The van der Waals surface area contributed by atoms with Gasteiger partial charge in [-0.2, -0.15) is 0 Å². The number of rotatable bonds is 7. The van der Waals surface area contributed by atoms with E-state index < -0.39 is 0 Å². The van der Waals surface area contributed by atoms with E-state index in [-0.39, 0.29) is 17.9 Å². The maximum atomic E-state index is 12.7. The van der Waals surface area contributed by atoms with E-state index in [0.29, 0.717) is 31.2 Å². The Balaban J connectivity index is 1.47. The number of nitrogens with one attached hydrogen (secondary N) is 1. The SMILES string of the molecule is CCc1nnc(NC(=O)CCN2CCN(Cc3ccccc3)C(=O)[C@@H]2C)s1. The Hall–Kier alpha value is -2.32. The third kappa shape index (κ3) is 5.11. The van der Waals surface area contributed by atoms with Crippen molar-refractivity contribution in [3.05, 3.63) is 40.9 Å². The number of carbonyl (C=O) groups is 2. The Bertz CT molecular complexity index is 779. The molecule has 7 nitrogen and oxygen atoms in total. The van der Waals surface area contributed by atoms with Crippen molar-refractivity contribution in [1.29, 1.82) is 0 Å². The number of piperazine rings is 1. The maximum Gasteiger partial charge on any atom is 0.239 e. The molecule has 0 saturated carbocycles. The number of aryl methyl sites for hydroxylation is 1. The molecule has 2 heterocycles. The van der Waals surface area contributed by atoms with Gasteiger partial charge in [-0.05, 0) is 18.9 Å². The van der Waals surface area contributed by atoms with Crippen LogP contribution < -0.4 is 5.32 Å². The molecule has 1 aromatic heterocycles. The summed E-state index contributed by atoms with van der Waals surface area (Å²) in [6, 6.07) is 9.79. The number of carbonyl (C=O) groups excluding carboxylic acids is 2. The summed E-state index contributed by atoms with van der Waals surface area (Å²) >= 11 is 1.40. The zero-order valence-electron chi connectivity index (χ0n) is 15.7. The molecule has 0 spiro atoms. The van der Waals surface area contributed by atoms with E-state index in [4.69, 9.17) is 0 Å². The Morgan fingerprint density at radius 1 is 1.26 bits per heavy atom. The summed E-state index contributed by atoms with van der Waals surface area (Å²) in [4.78, 5) is 28.8. The van der Waals surface area contributed by atoms with Gasteiger partial charge in [-0.3, -0.25) is 14.5 Å². The molecule has 144 valence electrons. The molecule has 1 saturated heterocycles. The topological polar surface area (TPSA) is 78.4 Å². The highest BCUT2D eigenvalue weighted by molar-refractivity contribution is 7.15. The third-order valence-corrected chi connectivity index (χ3v) is 5.71. The number of nitrogens with zero attached hydrogens (tertiary/aromatic N) is 4. The summed E-state index contributed by atoms with van der Waals surface area (Å²) in [7, 11) is 0. The van der Waals surface area contributed by atoms with Crippen molar-refractivity contribution in [2.24, 2.45) is 0 Å². The molecule has 0 bridgehead atoms. The summed E-state index contributed by atoms with van der Waals surface area (Å²) < 4.78 is 0. The number of benzene rings is 1. The average molecular weight is 388 g/mol. The van der Waals surface area contributed by atoms with E-state index in [1.807, 2.05) is 49.1 Å². The smallest absolute Gasteiger partial charge is 0.239 e. The first-order valence-electron chi connectivity index (χ1n) is 9.25. The molecule has 0 radical (unpaired) electrons. The van der Waals surface area contributed by atoms with Crippen LogP contribution in [0.4, 0.5) is 5.13 Å². The Morgan fingerprint density at radius 3 is 2.74 bits per heavy atom. The molecule has 2 aromatic rings. The van der Waals surface area contributed by atoms with Crippen molar-refractivity contribution in [3.63, 3.8) is 0 Å². The largest absolute Gasteiger partial charge is 0.336 e. The van der Waals surface area contributed by atoms with Crippen LogP contribution in [0.5, 0.6) is 0 Å². The highest BCUT2D eigenvalue weighted by atomic mass is 32.1. The van der Waals surface area contributed by atoms with Gasteiger partial charge in [0.25, 0.3) is 0 Å². The van der Waals surface area contributed by atoms with Crippen molar-refractivity contribution >= 4 is 28.3 Å². The molecular weight excluding hydrogens is 362 g/mol. The van der Waals surface area contributed by atoms with E-state index in [0.717, 1.165) is 23.5 Å². The minimum Gasteiger partial charge on any atom is -0.336 e. The van der Waals surface area contributed by atoms with Crippen molar-refractivity contribution in [3.8, 4) is 0 Å². The van der Waals surface area contributed by atoms with E-state index in [2.05, 4.69) is 20.4 Å². The fourth-order valence-corrected chi connectivity index (χ4v) is 3.81. The van der Waals surface area contributed by atoms with Crippen molar-refractivity contribution in [2.45, 2.75) is 39.3 Å². The molecule has 2 amide bonds. The lowest BCUT2D eigenvalue weighted by atomic mass is 10.1. The zero-order valence-corrected chi connectivity index (χ0v) is 16.5. The molecule has 3 rings (SSSR count). The van der Waals surface area contributed by atoms with Crippen LogP contribution in [0.25, 0.3) is 0 Å². The lowest BCUT2D eigenvalue weighted by Crippen LogP contribution is -2.55. The maximum absolute atomic E-state index is 12.7. The molecule has 1 atom stereocenters. The molecule has 1 N–H and O–H groups in total. The number of aromatic nitrogens is 2. The minimum atomic E-state index is -0.219. The van der Waals surface area contributed by atoms with E-state index >= 15 is 0 Å². The second-order valence-corrected chi connectivity index (χ2v) is 7.67. The quantitative estimate of drug-likeness (QED) is 0.788. The molecule has 27 heavy (non-hydrogen) atoms. The Labute approximate surface area is 163 Å². The lowest BCUT2D eigenvalue weighted by molar-refractivity contribution is -0.142. The standard InChI is InChI=1S/C19H25N5O2S/c1-3-17-21-22-19(27-17)20-16(25)9-10-23-11-12-24(18(26)14(23)2)13-15-7-5-4-6-8-15/h4-8,14H,3,9-13H2,1-2H3,(H,20,22,25)/t14-/m0/s1. The third-order valence-electron chi connectivity index (χ3n) is 4.73. The molecule has 1 aromatic carbocycles. The molecule has 1 aliphatic rings. The molecule has 0 aliphatic carbocycles. The van der Waals surface area contributed by atoms with Gasteiger partial charge in [0.15, 0.2) is 0 Å². The molecule has 1 aliphatic heterocycles. The van der Waals surface area contributed by atoms with Gasteiger partial charge < -0.3 is 10.2 Å². The number of hydrogen-bond acceptors (Lipinski definition) is 6. The predicted molar refractivity (Wildman–Crippen MR) is 105 cm³/mol. The first-order valence-corrected chi connectivity index (χ1v) is 10.1. The van der Waals surface area contributed by atoms with E-state index in [9.17, 15) is 9.59 Å². The van der Waals surface area contributed by atoms with Gasteiger partial charge >= 0.3 is 0 Å². The minimum absolute atomic E-state index is 0.0971. The summed E-state index contributed by atoms with van der Waals surface area (Å²) in [5.41, 5.74) is 1.13. The van der Waals surface area contributed by atoms with E-state index in [1.54, 1.807) is 0 Å². The molecule has 0 unspecified atom stereocenters. The zero-order chi connectivity index (χ0) is 19.2. The number of anilines is 1. The second kappa shape index (κ2) is 9.05. The molecular formula is C19H25N5O2S. The highest BCUT2D eigenvalue weighted by Crippen LogP contribution is 2.17. The van der Waals surface area contributed by atoms with Crippen LogP contribution in [-0.4, -0.2) is 57.5 Å². The number of amides is 2. The first kappa shape index (κ1) is 19.4.